The van der Waals surface area contributed by atoms with Crippen LogP contribution in [0.3, 0.4) is 0 Å². The van der Waals surface area contributed by atoms with Crippen LogP contribution in [0, 0.1) is 5.95 Å². The van der Waals surface area contributed by atoms with Crippen molar-refractivity contribution < 1.29 is 4.39 Å². The Morgan fingerprint density at radius 1 is 1.03 bits per heavy atom. The number of aromatic nitrogens is 5. The standard InChI is InChI=1S/C20H21FN8/c1-13-15-11-25-20(19-23-3-2-4-24-19)26-16(15)12-29(13)18-10-14(9-17(21)27-18)28-7-5-22-6-8-28/h2-4,9-11,13,22H,5-8,12H2,1H3. The van der Waals surface area contributed by atoms with Crippen LogP contribution in [0.5, 0.6) is 0 Å². The first-order valence-corrected chi connectivity index (χ1v) is 9.72. The molecule has 1 unspecified atom stereocenters. The van der Waals surface area contributed by atoms with E-state index in [9.17, 15) is 4.39 Å². The summed E-state index contributed by atoms with van der Waals surface area (Å²) in [7, 11) is 0. The summed E-state index contributed by atoms with van der Waals surface area (Å²) in [6, 6.07) is 5.23. The van der Waals surface area contributed by atoms with E-state index in [-0.39, 0.29) is 6.04 Å². The van der Waals surface area contributed by atoms with Gasteiger partial charge < -0.3 is 15.1 Å². The number of fused-ring (bicyclic) bond motifs is 1. The van der Waals surface area contributed by atoms with Gasteiger partial charge in [0.2, 0.25) is 5.95 Å². The summed E-state index contributed by atoms with van der Waals surface area (Å²) in [6.45, 7) is 6.09. The number of piperazine rings is 1. The van der Waals surface area contributed by atoms with Crippen LogP contribution in [-0.2, 0) is 6.54 Å². The zero-order valence-corrected chi connectivity index (χ0v) is 16.1. The molecular weight excluding hydrogens is 371 g/mol. The van der Waals surface area contributed by atoms with E-state index in [1.54, 1.807) is 18.5 Å². The van der Waals surface area contributed by atoms with Gasteiger partial charge >= 0.3 is 0 Å². The lowest BCUT2D eigenvalue weighted by atomic mass is 10.1. The highest BCUT2D eigenvalue weighted by Crippen LogP contribution is 2.37. The molecule has 148 valence electrons. The molecule has 9 heteroatoms. The van der Waals surface area contributed by atoms with E-state index in [0.29, 0.717) is 24.0 Å². The second-order valence-corrected chi connectivity index (χ2v) is 7.22. The first-order valence-electron chi connectivity index (χ1n) is 9.72. The van der Waals surface area contributed by atoms with E-state index in [4.69, 9.17) is 0 Å². The Morgan fingerprint density at radius 2 is 1.83 bits per heavy atom. The maximum Gasteiger partial charge on any atom is 0.216 e. The van der Waals surface area contributed by atoms with Gasteiger partial charge in [0.15, 0.2) is 11.6 Å². The van der Waals surface area contributed by atoms with Gasteiger partial charge in [-0.3, -0.25) is 0 Å². The molecule has 0 saturated carbocycles. The predicted octanol–water partition coefficient (Wildman–Crippen LogP) is 1.96. The van der Waals surface area contributed by atoms with Crippen LogP contribution in [0.15, 0.2) is 36.8 Å². The molecule has 29 heavy (non-hydrogen) atoms. The number of nitrogens with one attached hydrogen (secondary N) is 1. The quantitative estimate of drug-likeness (QED) is 0.678. The van der Waals surface area contributed by atoms with Crippen LogP contribution in [0.1, 0.15) is 24.2 Å². The second kappa shape index (κ2) is 7.32. The summed E-state index contributed by atoms with van der Waals surface area (Å²) in [5, 5.41) is 3.32. The average Bonchev–Trinajstić information content (AvgIpc) is 3.10. The van der Waals surface area contributed by atoms with Crippen LogP contribution in [-0.4, -0.2) is 51.1 Å². The van der Waals surface area contributed by atoms with Gasteiger partial charge in [0.1, 0.15) is 5.82 Å². The molecule has 0 radical (unpaired) electrons. The molecular formula is C20H21FN8. The van der Waals surface area contributed by atoms with Crippen LogP contribution in [0.2, 0.25) is 0 Å². The predicted molar refractivity (Wildman–Crippen MR) is 107 cm³/mol. The maximum absolute atomic E-state index is 14.4. The summed E-state index contributed by atoms with van der Waals surface area (Å²) in [5.41, 5.74) is 2.77. The minimum Gasteiger partial charge on any atom is -0.369 e. The summed E-state index contributed by atoms with van der Waals surface area (Å²) >= 11 is 0. The van der Waals surface area contributed by atoms with Gasteiger partial charge in [0.05, 0.1) is 18.3 Å². The molecule has 2 aliphatic rings. The van der Waals surface area contributed by atoms with Gasteiger partial charge in [-0.2, -0.15) is 4.39 Å². The molecule has 5 heterocycles. The molecule has 0 spiro atoms. The van der Waals surface area contributed by atoms with Gasteiger partial charge in [0.25, 0.3) is 0 Å². The number of nitrogens with zero attached hydrogens (tertiary/aromatic N) is 7. The van der Waals surface area contributed by atoms with E-state index in [0.717, 1.165) is 43.1 Å². The third-order valence-electron chi connectivity index (χ3n) is 5.45. The largest absolute Gasteiger partial charge is 0.369 e. The fraction of sp³-hybridized carbons (Fsp3) is 0.350. The van der Waals surface area contributed by atoms with Gasteiger partial charge in [0, 0.05) is 68.2 Å². The first-order chi connectivity index (χ1) is 14.2. The molecule has 0 aromatic carbocycles. The third kappa shape index (κ3) is 3.38. The number of hydrogen-bond acceptors (Lipinski definition) is 8. The molecule has 5 rings (SSSR count). The number of anilines is 2. The SMILES string of the molecule is CC1c2cnc(-c3ncccn3)nc2CN1c1cc(N2CCNCC2)cc(F)n1. The zero-order chi connectivity index (χ0) is 19.8. The van der Waals surface area contributed by atoms with Crippen LogP contribution in [0.4, 0.5) is 15.9 Å². The van der Waals surface area contributed by atoms with E-state index in [2.05, 4.69) is 47.0 Å². The molecule has 3 aromatic heterocycles. The Balaban J connectivity index is 1.45. The van der Waals surface area contributed by atoms with E-state index >= 15 is 0 Å². The van der Waals surface area contributed by atoms with Crippen molar-refractivity contribution in [3.63, 3.8) is 0 Å². The second-order valence-electron chi connectivity index (χ2n) is 7.22. The van der Waals surface area contributed by atoms with Crippen molar-refractivity contribution in [1.82, 2.24) is 30.2 Å². The molecule has 0 aliphatic carbocycles. The molecule has 0 bridgehead atoms. The van der Waals surface area contributed by atoms with Crippen molar-refractivity contribution in [3.05, 3.63) is 54.0 Å². The lowest BCUT2D eigenvalue weighted by Gasteiger charge is -2.31. The molecule has 3 aromatic rings. The first kappa shape index (κ1) is 17.9. The molecule has 1 fully saturated rings. The molecule has 1 N–H and O–H groups in total. The van der Waals surface area contributed by atoms with Crippen LogP contribution in [0.25, 0.3) is 11.6 Å². The Morgan fingerprint density at radius 3 is 2.62 bits per heavy atom. The third-order valence-corrected chi connectivity index (χ3v) is 5.45. The monoisotopic (exact) mass is 392 g/mol. The van der Waals surface area contributed by atoms with Crippen molar-refractivity contribution in [1.29, 1.82) is 0 Å². The minimum absolute atomic E-state index is 0.000847. The highest BCUT2D eigenvalue weighted by molar-refractivity contribution is 5.58. The van der Waals surface area contributed by atoms with E-state index in [1.807, 2.05) is 12.3 Å². The van der Waals surface area contributed by atoms with Crippen molar-refractivity contribution in [2.75, 3.05) is 36.0 Å². The minimum atomic E-state index is -0.469. The zero-order valence-electron chi connectivity index (χ0n) is 16.1. The van der Waals surface area contributed by atoms with Gasteiger partial charge in [-0.05, 0) is 13.0 Å². The normalized spacial score (nSPS) is 18.8. The van der Waals surface area contributed by atoms with Gasteiger partial charge in [-0.25, -0.2) is 24.9 Å². The molecule has 2 aliphatic heterocycles. The van der Waals surface area contributed by atoms with Crippen LogP contribution >= 0.6 is 0 Å². The number of rotatable bonds is 3. The topological polar surface area (TPSA) is 83.0 Å². The lowest BCUT2D eigenvalue weighted by Crippen LogP contribution is -2.43. The number of halogens is 1. The lowest BCUT2D eigenvalue weighted by molar-refractivity contribution is 0.566. The Labute approximate surface area is 167 Å². The summed E-state index contributed by atoms with van der Waals surface area (Å²) in [4.78, 5) is 26.0. The van der Waals surface area contributed by atoms with Crippen molar-refractivity contribution >= 4 is 11.5 Å². The van der Waals surface area contributed by atoms with Gasteiger partial charge in [-0.15, -0.1) is 0 Å². The highest BCUT2D eigenvalue weighted by Gasteiger charge is 2.31. The van der Waals surface area contributed by atoms with Gasteiger partial charge in [-0.1, -0.05) is 0 Å². The van der Waals surface area contributed by atoms with Crippen molar-refractivity contribution in [3.8, 4) is 11.6 Å². The Bertz CT molecular complexity index is 1020. The van der Waals surface area contributed by atoms with Crippen LogP contribution < -0.4 is 15.1 Å². The smallest absolute Gasteiger partial charge is 0.216 e. The van der Waals surface area contributed by atoms with Crippen molar-refractivity contribution in [2.24, 2.45) is 0 Å². The summed E-state index contributed by atoms with van der Waals surface area (Å²) in [6.07, 6.45) is 5.15. The number of hydrogen-bond donors (Lipinski definition) is 1. The van der Waals surface area contributed by atoms with E-state index in [1.165, 1.54) is 6.07 Å². The fourth-order valence-electron chi connectivity index (χ4n) is 3.89. The average molecular weight is 392 g/mol. The summed E-state index contributed by atoms with van der Waals surface area (Å²) < 4.78 is 14.4. The molecule has 0 amide bonds. The fourth-order valence-corrected chi connectivity index (χ4v) is 3.89. The molecule has 8 nitrogen and oxygen atoms in total. The Kier molecular flexibility index (Phi) is 4.51. The Hall–Kier alpha value is -3.20. The number of pyridine rings is 1. The summed E-state index contributed by atoms with van der Waals surface area (Å²) in [5.74, 6) is 1.13. The molecule has 1 saturated heterocycles. The highest BCUT2D eigenvalue weighted by atomic mass is 19.1. The molecule has 1 atom stereocenters. The van der Waals surface area contributed by atoms with E-state index < -0.39 is 5.95 Å². The maximum atomic E-state index is 14.4. The van der Waals surface area contributed by atoms with Crippen molar-refractivity contribution in [2.45, 2.75) is 19.5 Å².